The summed E-state index contributed by atoms with van der Waals surface area (Å²) in [7, 11) is 0. The quantitative estimate of drug-likeness (QED) is 0.756. The minimum absolute atomic E-state index is 0.0185. The fraction of sp³-hybridized carbons (Fsp3) is 0.706. The summed E-state index contributed by atoms with van der Waals surface area (Å²) in [5, 5.41) is 6.00. The molecule has 2 N–H and O–H groups in total. The van der Waals surface area contributed by atoms with Gasteiger partial charge in [-0.3, -0.25) is 0 Å². The number of rotatable bonds is 7. The normalized spacial score (nSPS) is 28.0. The molecule has 6 heteroatoms. The number of urea groups is 1. The van der Waals surface area contributed by atoms with Gasteiger partial charge in [0.05, 0.1) is 12.4 Å². The predicted octanol–water partition coefficient (Wildman–Crippen LogP) is 2.30. The highest BCUT2D eigenvalue weighted by molar-refractivity contribution is 5.74. The number of carbonyl (C=O) groups excluding carboxylic acids is 1. The van der Waals surface area contributed by atoms with Gasteiger partial charge in [0, 0.05) is 37.1 Å². The fourth-order valence-electron chi connectivity index (χ4n) is 3.75. The monoisotopic (exact) mass is 322 g/mol. The van der Waals surface area contributed by atoms with Crippen LogP contribution in [0.2, 0.25) is 0 Å². The van der Waals surface area contributed by atoms with Crippen molar-refractivity contribution in [3.05, 3.63) is 24.2 Å². The van der Waals surface area contributed by atoms with Crippen LogP contribution in [0.3, 0.4) is 0 Å². The first-order valence-corrected chi connectivity index (χ1v) is 8.35. The molecule has 0 unspecified atom stereocenters. The molecule has 23 heavy (non-hydrogen) atoms. The summed E-state index contributed by atoms with van der Waals surface area (Å²) < 4.78 is 16.4. The zero-order chi connectivity index (χ0) is 16.3. The van der Waals surface area contributed by atoms with Gasteiger partial charge in [-0.15, -0.1) is 0 Å². The molecule has 3 rings (SSSR count). The van der Waals surface area contributed by atoms with E-state index in [9.17, 15) is 4.79 Å². The van der Waals surface area contributed by atoms with Gasteiger partial charge in [0.15, 0.2) is 0 Å². The van der Waals surface area contributed by atoms with Gasteiger partial charge >= 0.3 is 6.03 Å². The molecule has 2 fully saturated rings. The predicted molar refractivity (Wildman–Crippen MR) is 84.9 cm³/mol. The molecule has 1 aromatic heterocycles. The van der Waals surface area contributed by atoms with E-state index in [1.807, 2.05) is 12.1 Å². The summed E-state index contributed by atoms with van der Waals surface area (Å²) >= 11 is 0. The zero-order valence-corrected chi connectivity index (χ0v) is 13.8. The number of carbonyl (C=O) groups is 1. The van der Waals surface area contributed by atoms with Crippen LogP contribution in [-0.4, -0.2) is 37.9 Å². The molecule has 0 radical (unpaired) electrons. The molecule has 2 amide bonds. The van der Waals surface area contributed by atoms with E-state index in [4.69, 9.17) is 13.9 Å². The van der Waals surface area contributed by atoms with E-state index in [1.165, 1.54) is 0 Å². The van der Waals surface area contributed by atoms with E-state index in [0.29, 0.717) is 31.8 Å². The Morgan fingerprint density at radius 2 is 2.35 bits per heavy atom. The maximum atomic E-state index is 12.0. The van der Waals surface area contributed by atoms with Crippen LogP contribution in [0, 0.1) is 11.3 Å². The number of furan rings is 1. The molecule has 0 spiro atoms. The molecular formula is C17H26N2O4. The van der Waals surface area contributed by atoms with Gasteiger partial charge in [0.2, 0.25) is 0 Å². The van der Waals surface area contributed by atoms with Gasteiger partial charge in [-0.1, -0.05) is 13.8 Å². The molecule has 1 aromatic rings. The van der Waals surface area contributed by atoms with Crippen molar-refractivity contribution in [3.8, 4) is 0 Å². The lowest BCUT2D eigenvalue weighted by molar-refractivity contribution is -0.108. The SMILES string of the molecule is CC1(C)[C@@H](NC(=O)NCCCOCc2ccco2)[C@@H]2CCO[C@@H]21. The molecule has 128 valence electrons. The van der Waals surface area contributed by atoms with Crippen LogP contribution in [-0.2, 0) is 16.1 Å². The number of hydrogen-bond acceptors (Lipinski definition) is 4. The molecule has 2 aliphatic rings. The van der Waals surface area contributed by atoms with Crippen molar-refractivity contribution in [2.45, 2.75) is 45.4 Å². The van der Waals surface area contributed by atoms with Crippen LogP contribution in [0.25, 0.3) is 0 Å². The molecular weight excluding hydrogens is 296 g/mol. The smallest absolute Gasteiger partial charge is 0.315 e. The molecule has 3 atom stereocenters. The number of fused-ring (bicyclic) bond motifs is 1. The largest absolute Gasteiger partial charge is 0.467 e. The molecule has 1 aliphatic carbocycles. The first-order valence-electron chi connectivity index (χ1n) is 8.35. The summed E-state index contributed by atoms with van der Waals surface area (Å²) in [6.07, 6.45) is 3.74. The van der Waals surface area contributed by atoms with E-state index in [2.05, 4.69) is 24.5 Å². The molecule has 0 aromatic carbocycles. The van der Waals surface area contributed by atoms with Gasteiger partial charge in [-0.25, -0.2) is 4.79 Å². The van der Waals surface area contributed by atoms with Crippen molar-refractivity contribution in [3.63, 3.8) is 0 Å². The Bertz CT molecular complexity index is 515. The lowest BCUT2D eigenvalue weighted by Gasteiger charge is -2.54. The molecule has 1 saturated carbocycles. The van der Waals surface area contributed by atoms with Crippen molar-refractivity contribution in [1.29, 1.82) is 0 Å². The third-order valence-corrected chi connectivity index (χ3v) is 4.96. The molecule has 6 nitrogen and oxygen atoms in total. The van der Waals surface area contributed by atoms with Crippen LogP contribution >= 0.6 is 0 Å². The molecule has 0 bridgehead atoms. The van der Waals surface area contributed by atoms with Crippen molar-refractivity contribution in [1.82, 2.24) is 10.6 Å². The van der Waals surface area contributed by atoms with Crippen LogP contribution < -0.4 is 10.6 Å². The third kappa shape index (κ3) is 3.53. The Balaban J connectivity index is 1.28. The van der Waals surface area contributed by atoms with Gasteiger partial charge in [0.1, 0.15) is 12.4 Å². The first kappa shape index (κ1) is 16.3. The zero-order valence-electron chi connectivity index (χ0n) is 13.8. The van der Waals surface area contributed by atoms with E-state index >= 15 is 0 Å². The number of nitrogens with one attached hydrogen (secondary N) is 2. The highest BCUT2D eigenvalue weighted by Gasteiger charge is 2.59. The van der Waals surface area contributed by atoms with Crippen molar-refractivity contribution < 1.29 is 18.7 Å². The number of hydrogen-bond donors (Lipinski definition) is 2. The Hall–Kier alpha value is -1.53. The van der Waals surface area contributed by atoms with E-state index in [1.54, 1.807) is 6.26 Å². The number of ether oxygens (including phenoxy) is 2. The van der Waals surface area contributed by atoms with Gasteiger partial charge in [-0.05, 0) is 25.0 Å². The lowest BCUT2D eigenvalue weighted by atomic mass is 9.57. The highest BCUT2D eigenvalue weighted by atomic mass is 16.5. The number of amides is 2. The van der Waals surface area contributed by atoms with Gasteiger partial charge in [-0.2, -0.15) is 0 Å². The Kier molecular flexibility index (Phi) is 4.92. The van der Waals surface area contributed by atoms with Crippen molar-refractivity contribution in [2.24, 2.45) is 11.3 Å². The first-order chi connectivity index (χ1) is 11.1. The maximum Gasteiger partial charge on any atom is 0.315 e. The minimum atomic E-state index is -0.0977. The minimum Gasteiger partial charge on any atom is -0.467 e. The Morgan fingerprint density at radius 3 is 3.13 bits per heavy atom. The van der Waals surface area contributed by atoms with E-state index < -0.39 is 0 Å². The average molecular weight is 322 g/mol. The summed E-state index contributed by atoms with van der Waals surface area (Å²) in [4.78, 5) is 12.0. The second-order valence-corrected chi connectivity index (χ2v) is 6.93. The Labute approximate surface area is 136 Å². The van der Waals surface area contributed by atoms with Gasteiger partial charge < -0.3 is 24.5 Å². The molecule has 1 aliphatic heterocycles. The summed E-state index contributed by atoms with van der Waals surface area (Å²) in [5.41, 5.74) is 0.0185. The third-order valence-electron chi connectivity index (χ3n) is 4.96. The Morgan fingerprint density at radius 1 is 1.48 bits per heavy atom. The van der Waals surface area contributed by atoms with Crippen LogP contribution in [0.15, 0.2) is 22.8 Å². The summed E-state index contributed by atoms with van der Waals surface area (Å²) in [6, 6.07) is 3.82. The second kappa shape index (κ2) is 6.93. The second-order valence-electron chi connectivity index (χ2n) is 6.93. The summed E-state index contributed by atoms with van der Waals surface area (Å²) in [5.74, 6) is 1.28. The van der Waals surface area contributed by atoms with E-state index in [0.717, 1.165) is 25.2 Å². The lowest BCUT2D eigenvalue weighted by Crippen LogP contribution is -2.67. The fourth-order valence-corrected chi connectivity index (χ4v) is 3.75. The van der Waals surface area contributed by atoms with Crippen LogP contribution in [0.4, 0.5) is 4.79 Å². The topological polar surface area (TPSA) is 72.7 Å². The van der Waals surface area contributed by atoms with Crippen LogP contribution in [0.1, 0.15) is 32.4 Å². The van der Waals surface area contributed by atoms with Crippen LogP contribution in [0.5, 0.6) is 0 Å². The maximum absolute atomic E-state index is 12.0. The molecule has 2 heterocycles. The highest BCUT2D eigenvalue weighted by Crippen LogP contribution is 2.51. The average Bonchev–Trinajstić information content (AvgIpc) is 3.18. The standard InChI is InChI=1S/C17H26N2O4/c1-17(2)14(13-6-10-23-15(13)17)19-16(20)18-7-4-8-21-11-12-5-3-9-22-12/h3,5,9,13-15H,4,6-8,10-11H2,1-2H3,(H2,18,19,20)/t13-,14-,15-/m0/s1. The van der Waals surface area contributed by atoms with E-state index in [-0.39, 0.29) is 17.5 Å². The summed E-state index contributed by atoms with van der Waals surface area (Å²) in [6.45, 7) is 6.79. The van der Waals surface area contributed by atoms with Crippen molar-refractivity contribution >= 4 is 6.03 Å². The van der Waals surface area contributed by atoms with Crippen molar-refractivity contribution in [2.75, 3.05) is 19.8 Å². The van der Waals surface area contributed by atoms with Gasteiger partial charge in [0.25, 0.3) is 0 Å². The molecule has 1 saturated heterocycles.